The van der Waals surface area contributed by atoms with E-state index in [2.05, 4.69) is 13.8 Å². The maximum absolute atomic E-state index is 11.8. The van der Waals surface area contributed by atoms with E-state index in [1.165, 1.54) is 19.3 Å². The first-order chi connectivity index (χ1) is 6.20. The van der Waals surface area contributed by atoms with Crippen molar-refractivity contribution in [3.63, 3.8) is 0 Å². The molecule has 2 saturated carbocycles. The fourth-order valence-electron chi connectivity index (χ4n) is 3.39. The molecule has 0 aromatic heterocycles. The van der Waals surface area contributed by atoms with Crippen molar-refractivity contribution in [3.8, 4) is 0 Å². The van der Waals surface area contributed by atoms with Crippen LogP contribution in [0.25, 0.3) is 0 Å². The zero-order valence-electron chi connectivity index (χ0n) is 8.75. The molecule has 0 saturated heterocycles. The van der Waals surface area contributed by atoms with Crippen LogP contribution in [0, 0.1) is 23.7 Å². The summed E-state index contributed by atoms with van der Waals surface area (Å²) in [6.45, 7) is 4.55. The third-order valence-corrected chi connectivity index (χ3v) is 4.07. The second kappa shape index (κ2) is 3.43. The molecule has 0 aromatic carbocycles. The highest BCUT2D eigenvalue weighted by molar-refractivity contribution is 5.82. The Labute approximate surface area is 80.9 Å². The molecule has 0 amide bonds. The third kappa shape index (κ3) is 1.53. The molecule has 1 heteroatoms. The van der Waals surface area contributed by atoms with E-state index in [0.717, 1.165) is 18.8 Å². The molecule has 13 heavy (non-hydrogen) atoms. The summed E-state index contributed by atoms with van der Waals surface area (Å²) in [7, 11) is 0. The van der Waals surface area contributed by atoms with E-state index < -0.39 is 0 Å². The summed E-state index contributed by atoms with van der Waals surface area (Å²) < 4.78 is 0. The number of Topliss-reactive ketones (excluding diaryl/α,β-unsaturated/α-hetero) is 1. The Morgan fingerprint density at radius 3 is 2.69 bits per heavy atom. The van der Waals surface area contributed by atoms with Gasteiger partial charge in [0, 0.05) is 12.3 Å². The van der Waals surface area contributed by atoms with Gasteiger partial charge in [-0.2, -0.15) is 0 Å². The van der Waals surface area contributed by atoms with Crippen molar-refractivity contribution >= 4 is 5.78 Å². The molecular weight excluding hydrogens is 160 g/mol. The van der Waals surface area contributed by atoms with Crippen LogP contribution in [0.15, 0.2) is 0 Å². The van der Waals surface area contributed by atoms with E-state index >= 15 is 0 Å². The average molecular weight is 180 g/mol. The monoisotopic (exact) mass is 180 g/mol. The average Bonchev–Trinajstić information content (AvgIpc) is 2.49. The van der Waals surface area contributed by atoms with Crippen LogP contribution in [-0.4, -0.2) is 5.78 Å². The Kier molecular flexibility index (Phi) is 2.44. The van der Waals surface area contributed by atoms with Crippen molar-refractivity contribution in [2.45, 2.75) is 46.0 Å². The van der Waals surface area contributed by atoms with Gasteiger partial charge in [0.1, 0.15) is 5.78 Å². The van der Waals surface area contributed by atoms with Crippen LogP contribution in [0.1, 0.15) is 46.0 Å². The Morgan fingerprint density at radius 1 is 1.23 bits per heavy atom. The predicted molar refractivity (Wildman–Crippen MR) is 53.4 cm³/mol. The summed E-state index contributed by atoms with van der Waals surface area (Å²) >= 11 is 0. The van der Waals surface area contributed by atoms with Crippen molar-refractivity contribution in [1.29, 1.82) is 0 Å². The summed E-state index contributed by atoms with van der Waals surface area (Å²) in [5.41, 5.74) is 0. The molecule has 0 aliphatic heterocycles. The summed E-state index contributed by atoms with van der Waals surface area (Å²) in [5.74, 6) is 3.20. The molecule has 0 bridgehead atoms. The fourth-order valence-corrected chi connectivity index (χ4v) is 3.39. The molecule has 74 valence electrons. The molecule has 2 aliphatic carbocycles. The van der Waals surface area contributed by atoms with Crippen LogP contribution in [-0.2, 0) is 4.79 Å². The van der Waals surface area contributed by atoms with Gasteiger partial charge in [0.15, 0.2) is 0 Å². The highest BCUT2D eigenvalue weighted by Gasteiger charge is 2.43. The number of carbonyl (C=O) groups is 1. The third-order valence-electron chi connectivity index (χ3n) is 4.07. The van der Waals surface area contributed by atoms with Crippen molar-refractivity contribution in [2.75, 3.05) is 0 Å². The number of fused-ring (bicyclic) bond motifs is 1. The molecule has 0 unspecified atom stereocenters. The van der Waals surface area contributed by atoms with Gasteiger partial charge in [0.25, 0.3) is 0 Å². The number of hydrogen-bond donors (Lipinski definition) is 0. The minimum Gasteiger partial charge on any atom is -0.299 e. The van der Waals surface area contributed by atoms with Gasteiger partial charge in [0.05, 0.1) is 0 Å². The Hall–Kier alpha value is -0.330. The van der Waals surface area contributed by atoms with Gasteiger partial charge in [-0.25, -0.2) is 0 Å². The Morgan fingerprint density at radius 2 is 2.00 bits per heavy atom. The fraction of sp³-hybridized carbons (Fsp3) is 0.917. The van der Waals surface area contributed by atoms with Gasteiger partial charge in [0.2, 0.25) is 0 Å². The van der Waals surface area contributed by atoms with Gasteiger partial charge in [-0.05, 0) is 43.4 Å². The van der Waals surface area contributed by atoms with Crippen molar-refractivity contribution in [2.24, 2.45) is 23.7 Å². The Balaban J connectivity index is 2.13. The number of ketones is 1. The number of hydrogen-bond acceptors (Lipinski definition) is 1. The number of carbonyl (C=O) groups excluding carboxylic acids is 1. The van der Waals surface area contributed by atoms with Gasteiger partial charge < -0.3 is 0 Å². The molecule has 2 fully saturated rings. The van der Waals surface area contributed by atoms with Crippen molar-refractivity contribution < 1.29 is 4.79 Å². The first-order valence-corrected chi connectivity index (χ1v) is 5.73. The summed E-state index contributed by atoms with van der Waals surface area (Å²) in [6, 6.07) is 0. The van der Waals surface area contributed by atoms with E-state index in [0.29, 0.717) is 23.5 Å². The van der Waals surface area contributed by atoms with Crippen LogP contribution in [0.5, 0.6) is 0 Å². The predicted octanol–water partition coefficient (Wildman–Crippen LogP) is 3.04. The highest BCUT2D eigenvalue weighted by Crippen LogP contribution is 2.46. The lowest BCUT2D eigenvalue weighted by molar-refractivity contribution is -0.127. The van der Waals surface area contributed by atoms with Crippen molar-refractivity contribution in [3.05, 3.63) is 0 Å². The number of rotatable bonds is 1. The molecule has 1 nitrogen and oxygen atoms in total. The lowest BCUT2D eigenvalue weighted by atomic mass is 9.74. The van der Waals surface area contributed by atoms with E-state index in [1.54, 1.807) is 0 Å². The van der Waals surface area contributed by atoms with Gasteiger partial charge in [-0.1, -0.05) is 13.8 Å². The van der Waals surface area contributed by atoms with Crippen LogP contribution >= 0.6 is 0 Å². The first-order valence-electron chi connectivity index (χ1n) is 5.73. The van der Waals surface area contributed by atoms with Crippen LogP contribution in [0.2, 0.25) is 0 Å². The topological polar surface area (TPSA) is 17.1 Å². The maximum Gasteiger partial charge on any atom is 0.136 e. The lowest BCUT2D eigenvalue weighted by Gasteiger charge is -2.29. The largest absolute Gasteiger partial charge is 0.299 e. The van der Waals surface area contributed by atoms with Crippen LogP contribution in [0.4, 0.5) is 0 Å². The van der Waals surface area contributed by atoms with E-state index in [-0.39, 0.29) is 0 Å². The van der Waals surface area contributed by atoms with E-state index in [1.807, 2.05) is 0 Å². The quantitative estimate of drug-likeness (QED) is 0.606. The molecule has 0 radical (unpaired) electrons. The van der Waals surface area contributed by atoms with Crippen LogP contribution < -0.4 is 0 Å². The first kappa shape index (κ1) is 9.23. The molecule has 0 N–H and O–H groups in total. The Bertz CT molecular complexity index is 207. The maximum atomic E-state index is 11.8. The van der Waals surface area contributed by atoms with E-state index in [9.17, 15) is 4.79 Å². The minimum absolute atomic E-state index is 0.453. The molecular formula is C12H20O. The molecule has 0 heterocycles. The highest BCUT2D eigenvalue weighted by atomic mass is 16.1. The van der Waals surface area contributed by atoms with Gasteiger partial charge >= 0.3 is 0 Å². The molecule has 2 aliphatic rings. The second-order valence-electron chi connectivity index (χ2n) is 5.13. The molecule has 0 aromatic rings. The van der Waals surface area contributed by atoms with E-state index in [4.69, 9.17) is 0 Å². The lowest BCUT2D eigenvalue weighted by Crippen LogP contribution is -2.30. The zero-order valence-corrected chi connectivity index (χ0v) is 8.75. The normalized spacial score (nSPS) is 39.6. The summed E-state index contributed by atoms with van der Waals surface area (Å²) in [6.07, 6.45) is 5.97. The molecule has 3 atom stereocenters. The second-order valence-corrected chi connectivity index (χ2v) is 5.13. The smallest absolute Gasteiger partial charge is 0.136 e. The zero-order chi connectivity index (χ0) is 9.42. The summed E-state index contributed by atoms with van der Waals surface area (Å²) in [4.78, 5) is 11.8. The van der Waals surface area contributed by atoms with Crippen molar-refractivity contribution in [1.82, 2.24) is 0 Å². The SMILES string of the molecule is CC(C)[C@H]1CC[C@@H]2CCCC(=O)[C@@H]21. The molecule has 0 spiro atoms. The standard InChI is InChI=1S/C12H20O/c1-8(2)10-7-6-9-4-3-5-11(13)12(9)10/h8-10,12H,3-7H2,1-2H3/t9-,10+,12-/m0/s1. The van der Waals surface area contributed by atoms with Gasteiger partial charge in [-0.3, -0.25) is 4.79 Å². The van der Waals surface area contributed by atoms with Gasteiger partial charge in [-0.15, -0.1) is 0 Å². The summed E-state index contributed by atoms with van der Waals surface area (Å²) in [5, 5.41) is 0. The molecule has 2 rings (SSSR count). The minimum atomic E-state index is 0.453. The van der Waals surface area contributed by atoms with Crippen LogP contribution in [0.3, 0.4) is 0 Å².